The van der Waals surface area contributed by atoms with Gasteiger partial charge in [0, 0.05) is 22.4 Å². The molecule has 0 saturated carbocycles. The molecule has 3 rings (SSSR count). The highest BCUT2D eigenvalue weighted by Gasteiger charge is 2.16. The lowest BCUT2D eigenvalue weighted by Gasteiger charge is -2.09. The van der Waals surface area contributed by atoms with Crippen LogP contribution in [-0.2, 0) is 6.42 Å². The summed E-state index contributed by atoms with van der Waals surface area (Å²) in [5.41, 5.74) is 7.60. The average Bonchev–Trinajstić information content (AvgIpc) is 3.15. The molecule has 3 aromatic rings. The monoisotopic (exact) mass is 366 g/mol. The number of hydrogen-bond donors (Lipinski definition) is 2. The van der Waals surface area contributed by atoms with Crippen LogP contribution in [0.15, 0.2) is 52.9 Å². The van der Waals surface area contributed by atoms with E-state index in [0.29, 0.717) is 5.76 Å². The van der Waals surface area contributed by atoms with Crippen molar-refractivity contribution in [3.63, 3.8) is 0 Å². The SMILES string of the molecule is CCc1ccc(-c2ccc(C(=O)Nc3cc(C(N)=O)cc(F)c3C)o2)cc1. The first-order valence-electron chi connectivity index (χ1n) is 8.49. The van der Waals surface area contributed by atoms with Crippen molar-refractivity contribution < 1.29 is 18.4 Å². The Labute approximate surface area is 156 Å². The number of amides is 2. The van der Waals surface area contributed by atoms with Crippen LogP contribution in [0.5, 0.6) is 0 Å². The Morgan fingerprint density at radius 3 is 2.44 bits per heavy atom. The summed E-state index contributed by atoms with van der Waals surface area (Å²) in [5.74, 6) is -1.32. The number of nitrogens with two attached hydrogens (primary N) is 1. The highest BCUT2D eigenvalue weighted by molar-refractivity contribution is 6.04. The van der Waals surface area contributed by atoms with Crippen molar-refractivity contribution in [2.75, 3.05) is 5.32 Å². The maximum absolute atomic E-state index is 14.0. The fraction of sp³-hybridized carbons (Fsp3) is 0.143. The van der Waals surface area contributed by atoms with E-state index in [1.807, 2.05) is 24.3 Å². The van der Waals surface area contributed by atoms with Crippen LogP contribution >= 0.6 is 0 Å². The fourth-order valence-electron chi connectivity index (χ4n) is 2.65. The van der Waals surface area contributed by atoms with E-state index in [4.69, 9.17) is 10.2 Å². The molecule has 0 spiro atoms. The quantitative estimate of drug-likeness (QED) is 0.706. The third-order valence-electron chi connectivity index (χ3n) is 4.35. The molecule has 5 nitrogen and oxygen atoms in total. The van der Waals surface area contributed by atoms with Crippen molar-refractivity contribution in [3.8, 4) is 11.3 Å². The number of furan rings is 1. The Morgan fingerprint density at radius 1 is 1.11 bits per heavy atom. The number of primary amides is 1. The van der Waals surface area contributed by atoms with E-state index in [2.05, 4.69) is 12.2 Å². The Hall–Kier alpha value is -3.41. The Balaban J connectivity index is 1.83. The van der Waals surface area contributed by atoms with Gasteiger partial charge in [0.25, 0.3) is 5.91 Å². The van der Waals surface area contributed by atoms with Crippen LogP contribution in [0.25, 0.3) is 11.3 Å². The molecule has 138 valence electrons. The molecule has 3 N–H and O–H groups in total. The van der Waals surface area contributed by atoms with Crippen LogP contribution in [0.1, 0.15) is 39.0 Å². The number of anilines is 1. The van der Waals surface area contributed by atoms with Crippen LogP contribution in [0.2, 0.25) is 0 Å². The lowest BCUT2D eigenvalue weighted by Crippen LogP contribution is -2.16. The maximum Gasteiger partial charge on any atom is 0.291 e. The van der Waals surface area contributed by atoms with E-state index in [9.17, 15) is 14.0 Å². The fourth-order valence-corrected chi connectivity index (χ4v) is 2.65. The third-order valence-corrected chi connectivity index (χ3v) is 4.35. The van der Waals surface area contributed by atoms with Crippen LogP contribution in [-0.4, -0.2) is 11.8 Å². The van der Waals surface area contributed by atoms with Crippen LogP contribution in [0.4, 0.5) is 10.1 Å². The van der Waals surface area contributed by atoms with Crippen molar-refractivity contribution in [2.45, 2.75) is 20.3 Å². The zero-order valence-corrected chi connectivity index (χ0v) is 15.0. The number of rotatable bonds is 5. The number of carbonyl (C=O) groups is 2. The summed E-state index contributed by atoms with van der Waals surface area (Å²) >= 11 is 0. The summed E-state index contributed by atoms with van der Waals surface area (Å²) in [4.78, 5) is 23.8. The molecule has 27 heavy (non-hydrogen) atoms. The molecule has 2 amide bonds. The second-order valence-corrected chi connectivity index (χ2v) is 6.16. The molecule has 0 aliphatic rings. The van der Waals surface area contributed by atoms with Gasteiger partial charge in [0.15, 0.2) is 5.76 Å². The number of carbonyl (C=O) groups excluding carboxylic acids is 2. The number of nitrogens with one attached hydrogen (secondary N) is 1. The number of hydrogen-bond acceptors (Lipinski definition) is 3. The van der Waals surface area contributed by atoms with Crippen molar-refractivity contribution in [3.05, 3.63) is 76.8 Å². The lowest BCUT2D eigenvalue weighted by molar-refractivity contribution is 0.0988. The van der Waals surface area contributed by atoms with Gasteiger partial charge in [-0.2, -0.15) is 0 Å². The highest BCUT2D eigenvalue weighted by Crippen LogP contribution is 2.25. The molecule has 6 heteroatoms. The molecular formula is C21H19FN2O3. The number of halogens is 1. The first-order chi connectivity index (χ1) is 12.9. The minimum Gasteiger partial charge on any atom is -0.451 e. The molecule has 0 radical (unpaired) electrons. The topological polar surface area (TPSA) is 85.3 Å². The molecule has 0 atom stereocenters. The van der Waals surface area contributed by atoms with E-state index in [1.165, 1.54) is 18.6 Å². The molecule has 2 aromatic carbocycles. The summed E-state index contributed by atoms with van der Waals surface area (Å²) in [6.07, 6.45) is 0.937. The average molecular weight is 366 g/mol. The largest absolute Gasteiger partial charge is 0.451 e. The molecule has 0 aliphatic heterocycles. The second-order valence-electron chi connectivity index (χ2n) is 6.16. The highest BCUT2D eigenvalue weighted by atomic mass is 19.1. The predicted molar refractivity (Wildman–Crippen MR) is 101 cm³/mol. The summed E-state index contributed by atoms with van der Waals surface area (Å²) < 4.78 is 19.6. The maximum atomic E-state index is 14.0. The van der Waals surface area contributed by atoms with E-state index >= 15 is 0 Å². The summed E-state index contributed by atoms with van der Waals surface area (Å²) in [7, 11) is 0. The van der Waals surface area contributed by atoms with E-state index in [0.717, 1.165) is 18.1 Å². The summed E-state index contributed by atoms with van der Waals surface area (Å²) in [6.45, 7) is 3.57. The van der Waals surface area contributed by atoms with Crippen LogP contribution in [0, 0.1) is 12.7 Å². The Kier molecular flexibility index (Phi) is 5.07. The zero-order valence-electron chi connectivity index (χ0n) is 15.0. The van der Waals surface area contributed by atoms with Gasteiger partial charge in [-0.1, -0.05) is 31.2 Å². The first-order valence-corrected chi connectivity index (χ1v) is 8.49. The van der Waals surface area contributed by atoms with Crippen molar-refractivity contribution >= 4 is 17.5 Å². The van der Waals surface area contributed by atoms with E-state index in [1.54, 1.807) is 12.1 Å². The van der Waals surface area contributed by atoms with Gasteiger partial charge in [0.2, 0.25) is 5.91 Å². The third kappa shape index (κ3) is 3.89. The van der Waals surface area contributed by atoms with Crippen LogP contribution in [0.3, 0.4) is 0 Å². The minimum absolute atomic E-state index is 0.0236. The van der Waals surface area contributed by atoms with Gasteiger partial charge in [-0.15, -0.1) is 0 Å². The molecule has 0 unspecified atom stereocenters. The smallest absolute Gasteiger partial charge is 0.291 e. The number of aryl methyl sites for hydroxylation is 1. The Bertz CT molecular complexity index is 1010. The minimum atomic E-state index is -0.778. The van der Waals surface area contributed by atoms with E-state index < -0.39 is 17.6 Å². The van der Waals surface area contributed by atoms with E-state index in [-0.39, 0.29) is 22.6 Å². The Morgan fingerprint density at radius 2 is 1.81 bits per heavy atom. The lowest BCUT2D eigenvalue weighted by atomic mass is 10.1. The zero-order chi connectivity index (χ0) is 19.6. The molecule has 1 aromatic heterocycles. The second kappa shape index (κ2) is 7.45. The van der Waals surface area contributed by atoms with Crippen molar-refractivity contribution in [1.29, 1.82) is 0 Å². The van der Waals surface area contributed by atoms with Gasteiger partial charge in [0.1, 0.15) is 11.6 Å². The van der Waals surface area contributed by atoms with Gasteiger partial charge < -0.3 is 15.5 Å². The molecule has 0 fully saturated rings. The standard InChI is InChI=1S/C21H19FN2O3/c1-3-13-4-6-14(7-5-13)18-8-9-19(27-18)21(26)24-17-11-15(20(23)25)10-16(22)12(17)2/h4-11H,3H2,1-2H3,(H2,23,25)(H,24,26). The van der Waals surface area contributed by atoms with Crippen molar-refractivity contribution in [1.82, 2.24) is 0 Å². The predicted octanol–water partition coefficient (Wildman–Crippen LogP) is 4.31. The molecule has 0 saturated heterocycles. The first kappa shape index (κ1) is 18.4. The summed E-state index contributed by atoms with van der Waals surface area (Å²) in [6, 6.07) is 13.5. The van der Waals surface area contributed by atoms with Gasteiger partial charge in [0.05, 0.1) is 0 Å². The van der Waals surface area contributed by atoms with Crippen molar-refractivity contribution in [2.24, 2.45) is 5.73 Å². The van der Waals surface area contributed by atoms with Crippen LogP contribution < -0.4 is 11.1 Å². The molecule has 0 aliphatic carbocycles. The molecule has 0 bridgehead atoms. The number of benzene rings is 2. The van der Waals surface area contributed by atoms with Gasteiger partial charge >= 0.3 is 0 Å². The molecular weight excluding hydrogens is 347 g/mol. The van der Waals surface area contributed by atoms with Gasteiger partial charge in [-0.25, -0.2) is 4.39 Å². The normalized spacial score (nSPS) is 10.6. The van der Waals surface area contributed by atoms with Gasteiger partial charge in [-0.3, -0.25) is 9.59 Å². The molecule has 1 heterocycles. The van der Waals surface area contributed by atoms with Gasteiger partial charge in [-0.05, 0) is 43.2 Å². The summed E-state index contributed by atoms with van der Waals surface area (Å²) in [5, 5.41) is 2.57.